The molecule has 0 spiro atoms. The summed E-state index contributed by atoms with van der Waals surface area (Å²) in [7, 11) is 0. The zero-order valence-corrected chi connectivity index (χ0v) is 38.7. The lowest BCUT2D eigenvalue weighted by molar-refractivity contribution is 0.660. The van der Waals surface area contributed by atoms with E-state index in [1.54, 1.807) is 11.1 Å². The molecule has 0 nitrogen and oxygen atoms in total. The lowest BCUT2D eigenvalue weighted by atomic mass is 9.36. The highest BCUT2D eigenvalue weighted by Crippen LogP contribution is 2.50. The number of benzene rings is 8. The van der Waals surface area contributed by atoms with E-state index >= 15 is 0 Å². The summed E-state index contributed by atoms with van der Waals surface area (Å²) in [5.74, 6) is 0. The molecule has 0 N–H and O–H groups in total. The molecular weight excluding hydrogens is 768 g/mol. The summed E-state index contributed by atoms with van der Waals surface area (Å²) in [4.78, 5) is 0. The minimum absolute atomic E-state index is 0.00227. The summed E-state index contributed by atoms with van der Waals surface area (Å²) in [5, 5.41) is 0. The van der Waals surface area contributed by atoms with Gasteiger partial charge >= 0.3 is 0 Å². The number of aryl methyl sites for hydroxylation is 5. The normalized spacial score (nSPS) is 15.0. The van der Waals surface area contributed by atoms with Crippen molar-refractivity contribution in [1.29, 1.82) is 0 Å². The van der Waals surface area contributed by atoms with E-state index in [2.05, 4.69) is 212 Å². The monoisotopic (exact) mass is 826 g/mol. The fraction of sp³-hybridized carbons (Fsp3) is 0.206. The van der Waals surface area contributed by atoms with Crippen molar-refractivity contribution in [3.8, 4) is 22.3 Å². The predicted octanol–water partition coefficient (Wildman–Crippen LogP) is 13.9. The Morgan fingerprint density at radius 2 is 0.734 bits per heavy atom. The molecule has 8 aromatic rings. The lowest BCUT2D eigenvalue weighted by Gasteiger charge is -2.30. The molecule has 0 aliphatic heterocycles. The maximum Gasteiger partial charge on any atom is 0.241 e. The minimum atomic E-state index is -0.00227. The Hall–Kier alpha value is -6.44. The van der Waals surface area contributed by atoms with E-state index in [4.69, 9.17) is 0 Å². The number of fused-ring (bicyclic) bond motifs is 10. The van der Waals surface area contributed by atoms with Gasteiger partial charge in [0, 0.05) is 10.8 Å². The molecule has 0 radical (unpaired) electrons. The van der Waals surface area contributed by atoms with E-state index in [9.17, 15) is 0 Å². The number of hydrogen-bond acceptors (Lipinski definition) is 0. The molecule has 8 aromatic carbocycles. The average Bonchev–Trinajstić information content (AvgIpc) is 3.68. The summed E-state index contributed by atoms with van der Waals surface area (Å²) >= 11 is 0. The van der Waals surface area contributed by atoms with Gasteiger partial charge in [-0.1, -0.05) is 243 Å². The Bertz CT molecular complexity index is 3070. The Kier molecular flexibility index (Phi) is 10.8. The van der Waals surface area contributed by atoms with Gasteiger partial charge in [-0.25, -0.2) is 0 Å². The van der Waals surface area contributed by atoms with E-state index in [0.717, 1.165) is 25.7 Å². The van der Waals surface area contributed by atoms with Crippen molar-refractivity contribution >= 4 is 34.2 Å². The molecule has 314 valence electrons. The summed E-state index contributed by atoms with van der Waals surface area (Å²) in [5.41, 5.74) is 28.9. The highest BCUT2D eigenvalue weighted by atomic mass is 14.4. The van der Waals surface area contributed by atoms with E-state index in [1.807, 2.05) is 18.2 Å². The lowest BCUT2D eigenvalue weighted by Crippen LogP contribution is -2.52. The quantitative estimate of drug-likeness (QED) is 0.156. The molecule has 4 aliphatic rings. The first-order valence-electron chi connectivity index (χ1n) is 23.5. The Balaban J connectivity index is 0.000000172. The van der Waals surface area contributed by atoms with Crippen molar-refractivity contribution < 1.29 is 0 Å². The fourth-order valence-corrected chi connectivity index (χ4v) is 11.4. The third kappa shape index (κ3) is 7.40. The molecule has 0 bridgehead atoms. The van der Waals surface area contributed by atoms with E-state index < -0.39 is 0 Å². The van der Waals surface area contributed by atoms with Gasteiger partial charge in [0.25, 0.3) is 0 Å². The van der Waals surface area contributed by atoms with Gasteiger partial charge in [-0.05, 0) is 124 Å². The van der Waals surface area contributed by atoms with Crippen LogP contribution in [0.4, 0.5) is 0 Å². The Morgan fingerprint density at radius 1 is 0.312 bits per heavy atom. The predicted molar refractivity (Wildman–Crippen MR) is 276 cm³/mol. The molecule has 4 aliphatic carbocycles. The van der Waals surface area contributed by atoms with Crippen LogP contribution in [0.5, 0.6) is 0 Å². The summed E-state index contributed by atoms with van der Waals surface area (Å²) in [6.45, 7) is 16.1. The maximum absolute atomic E-state index is 2.54. The fourth-order valence-electron chi connectivity index (χ4n) is 11.4. The molecular formula is C63H59B. The first-order chi connectivity index (χ1) is 31.0. The van der Waals surface area contributed by atoms with Crippen LogP contribution in [0.2, 0.25) is 0 Å². The molecule has 0 unspecified atom stereocenters. The van der Waals surface area contributed by atoms with Gasteiger partial charge in [0.1, 0.15) is 0 Å². The first-order valence-corrected chi connectivity index (χ1v) is 23.5. The van der Waals surface area contributed by atoms with E-state index in [-0.39, 0.29) is 17.5 Å². The van der Waals surface area contributed by atoms with Gasteiger partial charge < -0.3 is 0 Å². The van der Waals surface area contributed by atoms with E-state index in [1.165, 1.54) is 99.8 Å². The van der Waals surface area contributed by atoms with Crippen molar-refractivity contribution in [2.75, 3.05) is 0 Å². The van der Waals surface area contributed by atoms with Gasteiger partial charge in [-0.15, -0.1) is 0 Å². The van der Waals surface area contributed by atoms with Crippen molar-refractivity contribution in [3.63, 3.8) is 0 Å². The average molecular weight is 827 g/mol. The Morgan fingerprint density at radius 3 is 1.30 bits per heavy atom. The number of rotatable bonds is 3. The Labute approximate surface area is 382 Å². The molecule has 0 amide bonds. The molecule has 0 atom stereocenters. The third-order valence-corrected chi connectivity index (χ3v) is 14.8. The standard InChI is InChI=1S/C40H35B.C16H16.C7H8/c1-26-13-18-32-27(23-26)14-19-35-33-21-16-30(24-28(33)15-20-34(32)35)41(29-9-5-4-6-10-29)31-17-22-37-36-11-7-8-12-38(36)40(2,3)39(37)25-31;1-11-8-9-13-12-6-4-5-7-14(12)16(2,3)15(13)10-11;1-7-5-3-2-4-6-7/h4-13,16-18,21-25H,14-15,19-20H2,1-3H3;4-10H,1-3H3;2-6H,1H3. The van der Waals surface area contributed by atoms with Crippen LogP contribution in [-0.4, -0.2) is 6.71 Å². The van der Waals surface area contributed by atoms with Crippen molar-refractivity contribution in [2.45, 2.75) is 85.0 Å². The second-order valence-corrected chi connectivity index (χ2v) is 19.7. The van der Waals surface area contributed by atoms with Gasteiger partial charge in [0.2, 0.25) is 6.71 Å². The van der Waals surface area contributed by atoms with Crippen LogP contribution in [0.3, 0.4) is 0 Å². The zero-order valence-electron chi connectivity index (χ0n) is 38.7. The van der Waals surface area contributed by atoms with Gasteiger partial charge in [0.05, 0.1) is 0 Å². The first kappa shape index (κ1) is 41.6. The smallest absolute Gasteiger partial charge is 0.0687 e. The van der Waals surface area contributed by atoms with Crippen LogP contribution >= 0.6 is 0 Å². The van der Waals surface area contributed by atoms with Crippen LogP contribution in [0.25, 0.3) is 33.4 Å². The molecule has 0 heterocycles. The van der Waals surface area contributed by atoms with Gasteiger partial charge in [-0.3, -0.25) is 0 Å². The molecule has 64 heavy (non-hydrogen) atoms. The van der Waals surface area contributed by atoms with Crippen LogP contribution in [0, 0.1) is 20.8 Å². The minimum Gasteiger partial charge on any atom is -0.0687 e. The number of allylic oxidation sites excluding steroid dienone is 2. The van der Waals surface area contributed by atoms with Crippen LogP contribution in [0.1, 0.15) is 102 Å². The topological polar surface area (TPSA) is 0 Å². The number of hydrogen-bond donors (Lipinski definition) is 0. The second-order valence-electron chi connectivity index (χ2n) is 19.7. The molecule has 1 heteroatoms. The van der Waals surface area contributed by atoms with Crippen LogP contribution in [-0.2, 0) is 23.7 Å². The maximum atomic E-state index is 2.54. The molecule has 0 saturated heterocycles. The third-order valence-electron chi connectivity index (χ3n) is 14.8. The molecule has 12 rings (SSSR count). The van der Waals surface area contributed by atoms with Crippen molar-refractivity contribution in [2.24, 2.45) is 0 Å². The van der Waals surface area contributed by atoms with Gasteiger partial charge in [0.15, 0.2) is 0 Å². The molecule has 0 saturated carbocycles. The van der Waals surface area contributed by atoms with Crippen molar-refractivity contribution in [1.82, 2.24) is 0 Å². The van der Waals surface area contributed by atoms with Crippen molar-refractivity contribution in [3.05, 3.63) is 243 Å². The SMILES string of the molecule is Cc1ccc2c(c1)C(C)(C)c1ccccc1-2.Cc1ccc2c(c1)CCC1=C2CCc2cc(B(c3ccccc3)c3ccc4c(c3)C(C)(C)c3ccccc3-4)ccc21.Cc1ccccc1. The molecule has 0 aromatic heterocycles. The largest absolute Gasteiger partial charge is 0.241 e. The zero-order chi connectivity index (χ0) is 44.2. The highest BCUT2D eigenvalue weighted by Gasteiger charge is 2.37. The van der Waals surface area contributed by atoms with Gasteiger partial charge in [-0.2, -0.15) is 0 Å². The van der Waals surface area contributed by atoms with E-state index in [0.29, 0.717) is 0 Å². The second kappa shape index (κ2) is 16.6. The molecule has 0 fully saturated rings. The van der Waals surface area contributed by atoms with Crippen LogP contribution in [0.15, 0.2) is 182 Å². The van der Waals surface area contributed by atoms with Crippen LogP contribution < -0.4 is 16.4 Å². The summed E-state index contributed by atoms with van der Waals surface area (Å²) in [6.07, 6.45) is 4.56. The summed E-state index contributed by atoms with van der Waals surface area (Å²) < 4.78 is 0. The summed E-state index contributed by atoms with van der Waals surface area (Å²) in [6, 6.07) is 67.6. The highest BCUT2D eigenvalue weighted by molar-refractivity contribution is 6.95.